The second kappa shape index (κ2) is 7.14. The van der Waals surface area contributed by atoms with Crippen LogP contribution in [0.1, 0.15) is 5.56 Å². The molecule has 0 aliphatic heterocycles. The van der Waals surface area contributed by atoms with Crippen LogP contribution in [0.15, 0.2) is 71.1 Å². The fourth-order valence-electron chi connectivity index (χ4n) is 2.85. The van der Waals surface area contributed by atoms with E-state index in [1.807, 2.05) is 47.8 Å². The summed E-state index contributed by atoms with van der Waals surface area (Å²) in [5.41, 5.74) is 3.16. The van der Waals surface area contributed by atoms with Crippen LogP contribution >= 0.6 is 11.3 Å². The predicted molar refractivity (Wildman–Crippen MR) is 106 cm³/mol. The monoisotopic (exact) mass is 362 g/mol. The van der Waals surface area contributed by atoms with Crippen molar-refractivity contribution in [2.24, 2.45) is 0 Å². The first-order chi connectivity index (χ1) is 12.7. The van der Waals surface area contributed by atoms with Crippen molar-refractivity contribution < 1.29 is 4.74 Å². The summed E-state index contributed by atoms with van der Waals surface area (Å²) in [4.78, 5) is 18.2. The Kier molecular flexibility index (Phi) is 4.54. The summed E-state index contributed by atoms with van der Waals surface area (Å²) in [6.07, 6.45) is 1.61. The number of aryl methyl sites for hydroxylation is 1. The van der Waals surface area contributed by atoms with E-state index in [0.29, 0.717) is 18.5 Å². The quantitative estimate of drug-likeness (QED) is 0.525. The number of thiophene rings is 1. The molecule has 4 aromatic rings. The van der Waals surface area contributed by atoms with Crippen LogP contribution in [0.25, 0.3) is 21.3 Å². The van der Waals surface area contributed by atoms with E-state index >= 15 is 0 Å². The van der Waals surface area contributed by atoms with Crippen LogP contribution < -0.4 is 10.3 Å². The van der Waals surface area contributed by atoms with Gasteiger partial charge in [-0.25, -0.2) is 4.98 Å². The number of hydrogen-bond acceptors (Lipinski definition) is 4. The molecule has 0 aliphatic rings. The zero-order chi connectivity index (χ0) is 17.9. The first-order valence-electron chi connectivity index (χ1n) is 8.44. The normalized spacial score (nSPS) is 11.0. The molecule has 0 N–H and O–H groups in total. The molecule has 0 saturated heterocycles. The molecule has 0 bridgehead atoms. The first kappa shape index (κ1) is 16.5. The van der Waals surface area contributed by atoms with Crippen molar-refractivity contribution in [3.05, 3.63) is 82.2 Å². The lowest BCUT2D eigenvalue weighted by Gasteiger charge is -2.08. The zero-order valence-corrected chi connectivity index (χ0v) is 15.2. The Bertz CT molecular complexity index is 1080. The van der Waals surface area contributed by atoms with Crippen LogP contribution in [0.4, 0.5) is 0 Å². The molecule has 0 spiro atoms. The number of para-hydroxylation sites is 1. The molecule has 4 rings (SSSR count). The van der Waals surface area contributed by atoms with Gasteiger partial charge in [-0.15, -0.1) is 11.3 Å². The van der Waals surface area contributed by atoms with E-state index < -0.39 is 0 Å². The van der Waals surface area contributed by atoms with Gasteiger partial charge in [0, 0.05) is 10.9 Å². The van der Waals surface area contributed by atoms with Gasteiger partial charge in [0.05, 0.1) is 18.3 Å². The molecule has 130 valence electrons. The summed E-state index contributed by atoms with van der Waals surface area (Å²) in [7, 11) is 0. The average Bonchev–Trinajstić information content (AvgIpc) is 3.10. The summed E-state index contributed by atoms with van der Waals surface area (Å²) >= 11 is 1.50. The first-order valence-corrected chi connectivity index (χ1v) is 9.32. The average molecular weight is 362 g/mol. The number of ether oxygens (including phenoxy) is 1. The molecule has 0 fully saturated rings. The van der Waals surface area contributed by atoms with Crippen LogP contribution in [0, 0.1) is 6.92 Å². The molecule has 0 unspecified atom stereocenters. The van der Waals surface area contributed by atoms with Crippen LogP contribution in [0.2, 0.25) is 0 Å². The minimum atomic E-state index is -0.0245. The van der Waals surface area contributed by atoms with Crippen LogP contribution in [0.3, 0.4) is 0 Å². The van der Waals surface area contributed by atoms with Crippen LogP contribution in [-0.4, -0.2) is 16.2 Å². The third kappa shape index (κ3) is 3.26. The molecule has 5 heteroatoms. The smallest absolute Gasteiger partial charge is 0.262 e. The molecule has 2 aromatic heterocycles. The van der Waals surface area contributed by atoms with Gasteiger partial charge in [-0.1, -0.05) is 48.0 Å². The van der Waals surface area contributed by atoms with Crippen LogP contribution in [-0.2, 0) is 6.54 Å². The largest absolute Gasteiger partial charge is 0.492 e. The number of aromatic nitrogens is 2. The lowest BCUT2D eigenvalue weighted by atomic mass is 10.1. The SMILES string of the molecule is Cc1ccc(-c2csc3ncn(CCOc4ccccc4)c(=O)c23)cc1. The Morgan fingerprint density at radius 1 is 1.08 bits per heavy atom. The Morgan fingerprint density at radius 3 is 2.62 bits per heavy atom. The van der Waals surface area contributed by atoms with Gasteiger partial charge in [0.15, 0.2) is 0 Å². The molecular weight excluding hydrogens is 344 g/mol. The fraction of sp³-hybridized carbons (Fsp3) is 0.143. The van der Waals surface area contributed by atoms with Gasteiger partial charge in [0.25, 0.3) is 5.56 Å². The summed E-state index contributed by atoms with van der Waals surface area (Å²) in [6, 6.07) is 17.8. The van der Waals surface area contributed by atoms with Gasteiger partial charge >= 0.3 is 0 Å². The van der Waals surface area contributed by atoms with Gasteiger partial charge in [0.1, 0.15) is 17.2 Å². The standard InChI is InChI=1S/C21H18N2O2S/c1-15-7-9-16(10-8-15)18-13-26-20-19(18)21(24)23(14-22-20)11-12-25-17-5-3-2-4-6-17/h2-10,13-14H,11-12H2,1H3. The Labute approximate surface area is 155 Å². The molecule has 4 nitrogen and oxygen atoms in total. The van der Waals surface area contributed by atoms with E-state index in [1.54, 1.807) is 10.9 Å². The summed E-state index contributed by atoms with van der Waals surface area (Å²) in [5.74, 6) is 0.797. The zero-order valence-electron chi connectivity index (χ0n) is 14.4. The Morgan fingerprint density at radius 2 is 1.85 bits per heavy atom. The van der Waals surface area contributed by atoms with E-state index in [2.05, 4.69) is 24.0 Å². The molecule has 0 aliphatic carbocycles. The van der Waals surface area contributed by atoms with Crippen molar-refractivity contribution in [3.63, 3.8) is 0 Å². The van der Waals surface area contributed by atoms with E-state index in [9.17, 15) is 4.79 Å². The maximum Gasteiger partial charge on any atom is 0.262 e. The van der Waals surface area contributed by atoms with Crippen molar-refractivity contribution in [2.45, 2.75) is 13.5 Å². The molecular formula is C21H18N2O2S. The number of rotatable bonds is 5. The minimum absolute atomic E-state index is 0.0245. The maximum atomic E-state index is 13.0. The Hall–Kier alpha value is -2.92. The van der Waals surface area contributed by atoms with Gasteiger partial charge in [-0.05, 0) is 24.6 Å². The van der Waals surface area contributed by atoms with Crippen molar-refractivity contribution in [3.8, 4) is 16.9 Å². The third-order valence-corrected chi connectivity index (χ3v) is 5.15. The van der Waals surface area contributed by atoms with Gasteiger partial charge < -0.3 is 4.74 Å². The molecule has 2 aromatic carbocycles. The number of hydrogen-bond donors (Lipinski definition) is 0. The summed E-state index contributed by atoms with van der Waals surface area (Å²) in [6.45, 7) is 2.93. The van der Waals surface area contributed by atoms with Crippen molar-refractivity contribution in [1.29, 1.82) is 0 Å². The molecule has 2 heterocycles. The number of nitrogens with zero attached hydrogens (tertiary/aromatic N) is 2. The molecule has 0 saturated carbocycles. The summed E-state index contributed by atoms with van der Waals surface area (Å²) < 4.78 is 7.32. The second-order valence-corrected chi connectivity index (χ2v) is 6.96. The highest BCUT2D eigenvalue weighted by Gasteiger charge is 2.13. The lowest BCUT2D eigenvalue weighted by Crippen LogP contribution is -2.23. The molecule has 0 radical (unpaired) electrons. The number of fused-ring (bicyclic) bond motifs is 1. The Balaban J connectivity index is 1.62. The van der Waals surface area contributed by atoms with Gasteiger partial charge in [0.2, 0.25) is 0 Å². The molecule has 0 amide bonds. The topological polar surface area (TPSA) is 44.1 Å². The van der Waals surface area contributed by atoms with E-state index in [4.69, 9.17) is 4.74 Å². The van der Waals surface area contributed by atoms with Crippen molar-refractivity contribution in [2.75, 3.05) is 6.61 Å². The lowest BCUT2D eigenvalue weighted by molar-refractivity contribution is 0.296. The van der Waals surface area contributed by atoms with E-state index in [-0.39, 0.29) is 5.56 Å². The van der Waals surface area contributed by atoms with Gasteiger partial charge in [-0.3, -0.25) is 9.36 Å². The fourth-order valence-corrected chi connectivity index (χ4v) is 3.76. The highest BCUT2D eigenvalue weighted by atomic mass is 32.1. The van der Waals surface area contributed by atoms with Crippen LogP contribution in [0.5, 0.6) is 5.75 Å². The predicted octanol–water partition coefficient (Wildman–Crippen LogP) is 4.51. The molecule has 0 atom stereocenters. The highest BCUT2D eigenvalue weighted by molar-refractivity contribution is 7.17. The summed E-state index contributed by atoms with van der Waals surface area (Å²) in [5, 5.41) is 2.69. The van der Waals surface area contributed by atoms with Crippen molar-refractivity contribution >= 4 is 21.6 Å². The maximum absolute atomic E-state index is 13.0. The minimum Gasteiger partial charge on any atom is -0.492 e. The van der Waals surface area contributed by atoms with Gasteiger partial charge in [-0.2, -0.15) is 0 Å². The van der Waals surface area contributed by atoms with E-state index in [1.165, 1.54) is 16.9 Å². The highest BCUT2D eigenvalue weighted by Crippen LogP contribution is 2.30. The molecule has 26 heavy (non-hydrogen) atoms. The third-order valence-electron chi connectivity index (χ3n) is 4.27. The van der Waals surface area contributed by atoms with E-state index in [0.717, 1.165) is 21.7 Å². The van der Waals surface area contributed by atoms with Crippen molar-refractivity contribution in [1.82, 2.24) is 9.55 Å². The second-order valence-electron chi connectivity index (χ2n) is 6.10. The number of benzene rings is 2.